The van der Waals surface area contributed by atoms with Gasteiger partial charge in [0.1, 0.15) is 17.1 Å². The molecule has 36 heavy (non-hydrogen) atoms. The molecule has 0 aliphatic carbocycles. The number of rotatable bonds is 8. The molecule has 0 aliphatic heterocycles. The van der Waals surface area contributed by atoms with Gasteiger partial charge in [-0.1, -0.05) is 46.9 Å². The number of methoxy groups -OCH3 is 1. The van der Waals surface area contributed by atoms with Crippen molar-refractivity contribution >= 4 is 28.6 Å². The molecule has 2 amide bonds. The first-order valence-corrected chi connectivity index (χ1v) is 12.6. The van der Waals surface area contributed by atoms with Crippen LogP contribution in [-0.2, 0) is 22.6 Å². The Hall–Kier alpha value is -2.89. The van der Waals surface area contributed by atoms with Crippen molar-refractivity contribution in [3.8, 4) is 5.75 Å². The monoisotopic (exact) mass is 615 g/mol. The first-order valence-electron chi connectivity index (χ1n) is 11.1. The summed E-state index contributed by atoms with van der Waals surface area (Å²) in [6.45, 7) is 3.50. The number of carbonyl (C=O) groups excluding carboxylic acids is 1. The van der Waals surface area contributed by atoms with Gasteiger partial charge < -0.3 is 15.4 Å². The summed E-state index contributed by atoms with van der Waals surface area (Å²) in [6, 6.07) is 11.7. The number of pyridine rings is 1. The minimum atomic E-state index is -4.80. The van der Waals surface area contributed by atoms with E-state index in [1.807, 2.05) is 0 Å². The molecule has 1 aromatic heterocycles. The molecule has 0 saturated heterocycles. The molecule has 10 heteroatoms. The Kier molecular flexibility index (Phi) is 8.80. The number of alkyl halides is 4. The van der Waals surface area contributed by atoms with Gasteiger partial charge in [0.05, 0.1) is 18.4 Å². The third-order valence-corrected chi connectivity index (χ3v) is 6.41. The molecule has 1 atom stereocenters. The highest BCUT2D eigenvalue weighted by molar-refractivity contribution is 14.1. The number of para-hydroxylation sites is 1. The Morgan fingerprint density at radius 1 is 1.08 bits per heavy atom. The topological polar surface area (TPSA) is 63.2 Å². The molecule has 0 saturated carbocycles. The van der Waals surface area contributed by atoms with Gasteiger partial charge in [-0.15, -0.1) is 0 Å². The number of benzene rings is 2. The van der Waals surface area contributed by atoms with Gasteiger partial charge in [0.2, 0.25) is 0 Å². The number of hydrogen-bond acceptors (Lipinski definition) is 3. The number of urea groups is 1. The van der Waals surface area contributed by atoms with Crippen LogP contribution < -0.4 is 15.4 Å². The van der Waals surface area contributed by atoms with Crippen LogP contribution in [0.25, 0.3) is 0 Å². The lowest BCUT2D eigenvalue weighted by Gasteiger charge is -2.36. The van der Waals surface area contributed by atoms with E-state index in [0.717, 1.165) is 17.7 Å². The number of hydrogen-bond donors (Lipinski definition) is 2. The van der Waals surface area contributed by atoms with Gasteiger partial charge in [0, 0.05) is 23.1 Å². The summed E-state index contributed by atoms with van der Waals surface area (Å²) >= 11 is 2.17. The molecular weight excluding hydrogens is 589 g/mol. The van der Waals surface area contributed by atoms with Gasteiger partial charge in [-0.3, -0.25) is 4.98 Å². The molecule has 192 valence electrons. The third kappa shape index (κ3) is 6.45. The summed E-state index contributed by atoms with van der Waals surface area (Å²) in [7, 11) is 1.47. The van der Waals surface area contributed by atoms with E-state index in [2.05, 4.69) is 38.2 Å². The van der Waals surface area contributed by atoms with E-state index in [4.69, 9.17) is 4.74 Å². The van der Waals surface area contributed by atoms with Crippen molar-refractivity contribution in [1.82, 2.24) is 15.6 Å². The highest BCUT2D eigenvalue weighted by Gasteiger charge is 2.41. The average Bonchev–Trinajstić information content (AvgIpc) is 2.82. The maximum Gasteiger partial charge on any atom is 0.416 e. The van der Waals surface area contributed by atoms with E-state index in [0.29, 0.717) is 21.8 Å². The Morgan fingerprint density at radius 3 is 2.36 bits per heavy atom. The lowest BCUT2D eigenvalue weighted by atomic mass is 9.79. The number of ether oxygens (including phenoxy) is 1. The summed E-state index contributed by atoms with van der Waals surface area (Å²) < 4.78 is 61.9. The van der Waals surface area contributed by atoms with E-state index in [-0.39, 0.29) is 23.7 Å². The molecule has 0 spiro atoms. The van der Waals surface area contributed by atoms with Crippen molar-refractivity contribution in [2.24, 2.45) is 0 Å². The second-order valence-corrected chi connectivity index (χ2v) is 9.32. The molecule has 2 N–H and O–H groups in total. The van der Waals surface area contributed by atoms with Gasteiger partial charge in [0.25, 0.3) is 0 Å². The smallest absolute Gasteiger partial charge is 0.416 e. The maximum absolute atomic E-state index is 14.7. The summed E-state index contributed by atoms with van der Waals surface area (Å²) in [5.74, 6) is -0.622. The minimum Gasteiger partial charge on any atom is -0.496 e. The zero-order valence-electron chi connectivity index (χ0n) is 19.9. The summed E-state index contributed by atoms with van der Waals surface area (Å²) in [4.78, 5) is 17.6. The second-order valence-electron chi connectivity index (χ2n) is 8.56. The predicted molar refractivity (Wildman–Crippen MR) is 138 cm³/mol. The summed E-state index contributed by atoms with van der Waals surface area (Å²) in [5.41, 5.74) is -1.22. The third-order valence-electron chi connectivity index (χ3n) is 5.53. The molecular formula is C26H26F4IN3O2. The van der Waals surface area contributed by atoms with Crippen molar-refractivity contribution < 1.29 is 27.1 Å². The zero-order chi connectivity index (χ0) is 26.5. The Morgan fingerprint density at radius 2 is 1.78 bits per heavy atom. The first-order chi connectivity index (χ1) is 17.0. The first kappa shape index (κ1) is 27.7. The fourth-order valence-corrected chi connectivity index (χ4v) is 4.35. The molecule has 0 radical (unpaired) electrons. The molecule has 0 fully saturated rings. The fourth-order valence-electron chi connectivity index (χ4n) is 3.90. The van der Waals surface area contributed by atoms with E-state index in [1.54, 1.807) is 56.4 Å². The SMILES string of the molecule is COc1ccccc1C[C@](NC(=O)NC(C)C)(c1cc(F)cc(C(F)(F)F)c1)c1ccc(CI)cn1. The number of nitrogens with one attached hydrogen (secondary N) is 2. The fraction of sp³-hybridized carbons (Fsp3) is 0.308. The average molecular weight is 615 g/mol. The van der Waals surface area contributed by atoms with Crippen LogP contribution in [0.5, 0.6) is 5.75 Å². The Labute approximate surface area is 220 Å². The lowest BCUT2D eigenvalue weighted by molar-refractivity contribution is -0.137. The molecule has 0 bridgehead atoms. The van der Waals surface area contributed by atoms with Crippen molar-refractivity contribution in [3.63, 3.8) is 0 Å². The number of aromatic nitrogens is 1. The highest BCUT2D eigenvalue weighted by atomic mass is 127. The van der Waals surface area contributed by atoms with Crippen LogP contribution >= 0.6 is 22.6 Å². The van der Waals surface area contributed by atoms with Crippen molar-refractivity contribution in [3.05, 3.63) is 94.6 Å². The normalized spacial score (nSPS) is 13.2. The van der Waals surface area contributed by atoms with E-state index < -0.39 is 29.1 Å². The molecule has 0 unspecified atom stereocenters. The van der Waals surface area contributed by atoms with E-state index >= 15 is 0 Å². The number of nitrogens with zero attached hydrogens (tertiary/aromatic N) is 1. The van der Waals surface area contributed by atoms with E-state index in [9.17, 15) is 22.4 Å². The van der Waals surface area contributed by atoms with Crippen molar-refractivity contribution in [2.45, 2.75) is 42.5 Å². The van der Waals surface area contributed by atoms with Crippen LogP contribution in [0.4, 0.5) is 22.4 Å². The standard InChI is InChI=1S/C26H26F4IN3O2/c1-16(2)33-24(35)34-25(23-9-8-17(14-31)15-32-23,13-18-6-4-5-7-22(18)36-3)19-10-20(26(28,29)30)12-21(27)11-19/h4-12,15-16H,13-14H2,1-3H3,(H2,33,34,35)/t25-/m0/s1. The molecule has 3 rings (SSSR count). The molecule has 2 aromatic carbocycles. The van der Waals surface area contributed by atoms with Crippen LogP contribution in [0.2, 0.25) is 0 Å². The van der Waals surface area contributed by atoms with Gasteiger partial charge in [-0.2, -0.15) is 13.2 Å². The van der Waals surface area contributed by atoms with Crippen LogP contribution in [-0.4, -0.2) is 24.2 Å². The summed E-state index contributed by atoms with van der Waals surface area (Å²) in [5, 5.41) is 5.54. The Balaban J connectivity index is 2.34. The predicted octanol–water partition coefficient (Wildman–Crippen LogP) is 6.38. The van der Waals surface area contributed by atoms with Crippen molar-refractivity contribution in [2.75, 3.05) is 7.11 Å². The molecule has 1 heterocycles. The van der Waals surface area contributed by atoms with Gasteiger partial charge in [-0.25, -0.2) is 9.18 Å². The number of carbonyl (C=O) groups is 1. The van der Waals surface area contributed by atoms with Gasteiger partial charge >= 0.3 is 12.2 Å². The largest absolute Gasteiger partial charge is 0.496 e. The highest BCUT2D eigenvalue weighted by Crippen LogP contribution is 2.39. The lowest BCUT2D eigenvalue weighted by Crippen LogP contribution is -2.53. The molecule has 0 aliphatic rings. The number of amides is 2. The van der Waals surface area contributed by atoms with Crippen LogP contribution in [0.15, 0.2) is 60.8 Å². The van der Waals surface area contributed by atoms with Gasteiger partial charge in [0.15, 0.2) is 0 Å². The zero-order valence-corrected chi connectivity index (χ0v) is 22.1. The quantitative estimate of drug-likeness (QED) is 0.176. The molecule has 5 nitrogen and oxygen atoms in total. The molecule has 3 aromatic rings. The number of halogens is 5. The van der Waals surface area contributed by atoms with Crippen LogP contribution in [0.3, 0.4) is 0 Å². The minimum absolute atomic E-state index is 0.0557. The van der Waals surface area contributed by atoms with Crippen molar-refractivity contribution in [1.29, 1.82) is 0 Å². The summed E-state index contributed by atoms with van der Waals surface area (Å²) in [6.07, 6.45) is -3.27. The maximum atomic E-state index is 14.7. The van der Waals surface area contributed by atoms with E-state index in [1.165, 1.54) is 7.11 Å². The second kappa shape index (κ2) is 11.4. The van der Waals surface area contributed by atoms with Gasteiger partial charge in [-0.05, 0) is 60.9 Å². The van der Waals surface area contributed by atoms with Crippen LogP contribution in [0.1, 0.15) is 41.8 Å². The van der Waals surface area contributed by atoms with Crippen LogP contribution in [0, 0.1) is 5.82 Å². The Bertz CT molecular complexity index is 1200.